The molecule has 0 amide bonds. The van der Waals surface area contributed by atoms with Crippen LogP contribution in [0.2, 0.25) is 0 Å². The summed E-state index contributed by atoms with van der Waals surface area (Å²) in [6.45, 7) is 13.6. The molecule has 0 saturated heterocycles. The third-order valence-corrected chi connectivity index (χ3v) is 18.0. The first kappa shape index (κ1) is 50.6. The van der Waals surface area contributed by atoms with Crippen molar-refractivity contribution in [2.75, 3.05) is 73.2 Å². The van der Waals surface area contributed by atoms with Crippen molar-refractivity contribution < 1.29 is 40.5 Å². The van der Waals surface area contributed by atoms with Crippen LogP contribution < -0.4 is 29.9 Å². The zero-order valence-electron chi connectivity index (χ0n) is 37.6. The molecule has 5 heterocycles. The number of thioether (sulfide) groups is 1. The van der Waals surface area contributed by atoms with E-state index in [0.717, 1.165) is 57.1 Å². The lowest BCUT2D eigenvalue weighted by molar-refractivity contribution is 0.322. The number of benzene rings is 2. The van der Waals surface area contributed by atoms with Crippen molar-refractivity contribution in [3.63, 3.8) is 0 Å². The number of aliphatic hydroxyl groups excluding tert-OH is 1. The molecule has 7 rings (SSSR count). The third-order valence-electron chi connectivity index (χ3n) is 10.2. The highest BCUT2D eigenvalue weighted by Crippen LogP contribution is 2.47. The maximum Gasteiger partial charge on any atom is 0.304 e. The second-order valence-corrected chi connectivity index (χ2v) is 22.0. The van der Waals surface area contributed by atoms with E-state index in [-0.39, 0.29) is 37.8 Å². The van der Waals surface area contributed by atoms with Crippen LogP contribution in [0, 0.1) is 13.8 Å². The quantitative estimate of drug-likeness (QED) is 0.0254. The Morgan fingerprint density at radius 3 is 1.43 bits per heavy atom. The Bertz CT molecular complexity index is 3060. The Labute approximate surface area is 411 Å². The number of methoxy groups -OCH3 is 2. The van der Waals surface area contributed by atoms with Gasteiger partial charge < -0.3 is 35.0 Å². The molecular formula is C39H45N13O9S7. The van der Waals surface area contributed by atoms with Crippen molar-refractivity contribution in [3.05, 3.63) is 35.4 Å². The summed E-state index contributed by atoms with van der Waals surface area (Å²) >= 11 is 4.92. The van der Waals surface area contributed by atoms with E-state index in [1.165, 1.54) is 11.8 Å². The molecule has 0 fully saturated rings. The van der Waals surface area contributed by atoms with Gasteiger partial charge in [-0.25, -0.2) is 0 Å². The first-order valence-corrected chi connectivity index (χ1v) is 27.5. The second kappa shape index (κ2) is 21.2. The van der Waals surface area contributed by atoms with Gasteiger partial charge in [0.25, 0.3) is 0 Å². The molecule has 0 aliphatic carbocycles. The van der Waals surface area contributed by atoms with Gasteiger partial charge in [0.1, 0.15) is 32.5 Å². The monoisotopic (exact) mass is 1060 g/mol. The Morgan fingerprint density at radius 2 is 1.07 bits per heavy atom. The largest absolute Gasteiger partial charge is 0.494 e. The highest BCUT2D eigenvalue weighted by molar-refractivity contribution is 7.99. The van der Waals surface area contributed by atoms with Crippen LogP contribution in [0.15, 0.2) is 58.3 Å². The summed E-state index contributed by atoms with van der Waals surface area (Å²) in [7, 11) is -5.90. The Kier molecular flexibility index (Phi) is 15.8. The molecule has 0 unspecified atom stereocenters. The number of aliphatic hydroxyl groups is 1. The van der Waals surface area contributed by atoms with Gasteiger partial charge in [0, 0.05) is 44.1 Å². The minimum Gasteiger partial charge on any atom is -0.494 e. The summed E-state index contributed by atoms with van der Waals surface area (Å²) in [6.07, 6.45) is 0. The van der Waals surface area contributed by atoms with Crippen molar-refractivity contribution in [1.82, 2.24) is 23.7 Å². The van der Waals surface area contributed by atoms with Crippen LogP contribution in [0.3, 0.4) is 0 Å². The van der Waals surface area contributed by atoms with Crippen LogP contribution in [0.1, 0.15) is 38.8 Å². The molecule has 5 aromatic heterocycles. The van der Waals surface area contributed by atoms with Gasteiger partial charge in [-0.05, 0) is 87.9 Å². The lowest BCUT2D eigenvalue weighted by Crippen LogP contribution is -2.22. The highest BCUT2D eigenvalue weighted by Gasteiger charge is 2.26. The van der Waals surface area contributed by atoms with Gasteiger partial charge in [-0.2, -0.15) is 40.5 Å². The third kappa shape index (κ3) is 10.6. The van der Waals surface area contributed by atoms with E-state index in [1.807, 2.05) is 39.8 Å². The van der Waals surface area contributed by atoms with E-state index in [4.69, 9.17) is 14.5 Å². The molecule has 7 aromatic rings. The van der Waals surface area contributed by atoms with E-state index < -0.39 is 20.2 Å². The summed E-state index contributed by atoms with van der Waals surface area (Å²) in [5.74, 6) is 1.42. The van der Waals surface area contributed by atoms with Crippen molar-refractivity contribution in [1.29, 1.82) is 0 Å². The summed E-state index contributed by atoms with van der Waals surface area (Å²) in [4.78, 5) is 19.1. The topological polar surface area (TPSA) is 292 Å². The number of nitrogens with zero attached hydrogens (tertiary/aromatic N) is 11. The highest BCUT2D eigenvalue weighted by atomic mass is 32.3. The predicted octanol–water partition coefficient (Wildman–Crippen LogP) is 10.4. The smallest absolute Gasteiger partial charge is 0.304 e. The number of aromatic nitrogens is 5. The molecule has 0 spiro atoms. The second-order valence-electron chi connectivity index (χ2n) is 14.2. The number of ether oxygens (including phenoxy) is 2. The van der Waals surface area contributed by atoms with Gasteiger partial charge in [-0.1, -0.05) is 34.4 Å². The van der Waals surface area contributed by atoms with Crippen molar-refractivity contribution in [3.8, 4) is 11.5 Å². The number of fused-ring (bicyclic) bond motifs is 2. The summed E-state index contributed by atoms with van der Waals surface area (Å²) in [5.41, 5.74) is 3.49. The van der Waals surface area contributed by atoms with E-state index in [2.05, 4.69) is 59.6 Å². The zero-order valence-corrected chi connectivity index (χ0v) is 43.3. The van der Waals surface area contributed by atoms with Crippen LogP contribution in [0.5, 0.6) is 11.5 Å². The Morgan fingerprint density at radius 1 is 0.662 bits per heavy atom. The number of aryl methyl sites for hydroxylation is 2. The zero-order chi connectivity index (χ0) is 49.1. The van der Waals surface area contributed by atoms with Gasteiger partial charge in [0.15, 0.2) is 23.6 Å². The average molecular weight is 1060 g/mol. The molecule has 68 heavy (non-hydrogen) atoms. The van der Waals surface area contributed by atoms with Crippen LogP contribution in [-0.2, 0) is 20.2 Å². The SMILES string of the molecule is CCN(CC)c1cc(Nc2nc(Nc3cc(N(CC)CC)c(OC)cc3/N=N/c3snc4sc(S(=O)(=O)O)c(C)c34)nc(SCCO)n2)c(/N=N/c2snc3sc(S(=O)(=O)O)c(C)c23)cc1OC. The standard InChI is InChI=1S/C39H45N13O9S7/c1-9-51(10-2)25-15-21(23(17-27(25)60-7)45-47-31-29-19(5)35(67(54,55)56)63-33(29)49-65-31)40-37-42-38(44-39(43-37)62-14-13-53)41-22-16-26(52(11-3)12-4)28(61-8)18-24(22)46-48-32-30-20(6)36(68(57,58)59)64-34(30)50-66-32/h15-18,53H,9-14H2,1-8H3,(H,54,55,56)(H,57,58,59)(H2,40,41,42,43,44)/b47-45+,48-46+. The van der Waals surface area contributed by atoms with Gasteiger partial charge in [0.05, 0.1) is 54.3 Å². The maximum atomic E-state index is 12.1. The predicted molar refractivity (Wildman–Crippen MR) is 270 cm³/mol. The van der Waals surface area contributed by atoms with E-state index in [9.17, 15) is 31.0 Å². The molecular weight excluding hydrogens is 1020 g/mol. The van der Waals surface area contributed by atoms with Crippen LogP contribution >= 0.6 is 57.5 Å². The number of thiophene rings is 2. The molecule has 0 aliphatic rings. The number of rotatable bonds is 21. The van der Waals surface area contributed by atoms with E-state index >= 15 is 0 Å². The minimum absolute atomic E-state index is 0.0805. The van der Waals surface area contributed by atoms with Gasteiger partial charge in [-0.15, -0.1) is 20.5 Å². The fraction of sp³-hybridized carbons (Fsp3) is 0.359. The Hall–Kier alpha value is -5.24. The Balaban J connectivity index is 1.34. The summed E-state index contributed by atoms with van der Waals surface area (Å²) < 4.78 is 87.9. The number of azo groups is 2. The molecule has 0 atom stereocenters. The van der Waals surface area contributed by atoms with Gasteiger partial charge in [0.2, 0.25) is 11.9 Å². The fourth-order valence-corrected chi connectivity index (χ4v) is 13.5. The maximum absolute atomic E-state index is 12.1. The molecule has 2 aromatic carbocycles. The summed E-state index contributed by atoms with van der Waals surface area (Å²) in [6, 6.07) is 7.06. The molecule has 22 nitrogen and oxygen atoms in total. The first-order valence-electron chi connectivity index (χ1n) is 20.5. The molecule has 29 heteroatoms. The number of anilines is 6. The van der Waals surface area contributed by atoms with E-state index in [0.29, 0.717) is 102 Å². The van der Waals surface area contributed by atoms with Gasteiger partial charge >= 0.3 is 20.2 Å². The normalized spacial score (nSPS) is 12.3. The van der Waals surface area contributed by atoms with E-state index in [1.54, 1.807) is 40.2 Å². The lowest BCUT2D eigenvalue weighted by Gasteiger charge is -2.25. The molecule has 0 aliphatic heterocycles. The van der Waals surface area contributed by atoms with Crippen molar-refractivity contribution in [2.45, 2.75) is 55.1 Å². The van der Waals surface area contributed by atoms with Gasteiger partial charge in [-0.3, -0.25) is 9.11 Å². The molecule has 0 radical (unpaired) electrons. The molecule has 5 N–H and O–H groups in total. The van der Waals surface area contributed by atoms with Crippen molar-refractivity contribution in [2.24, 2.45) is 20.5 Å². The van der Waals surface area contributed by atoms with Crippen LogP contribution in [0.4, 0.5) is 56.0 Å². The average Bonchev–Trinajstić information content (AvgIpc) is 4.08. The number of hydrogen-bond acceptors (Lipinski definition) is 25. The first-order chi connectivity index (χ1) is 32.5. The minimum atomic E-state index is -4.49. The molecule has 0 saturated carbocycles. The fourth-order valence-electron chi connectivity index (χ4n) is 7.02. The number of hydrogen-bond donors (Lipinski definition) is 5. The lowest BCUT2D eigenvalue weighted by atomic mass is 10.2. The molecule has 362 valence electrons. The van der Waals surface area contributed by atoms with Crippen LogP contribution in [-0.4, -0.2) is 108 Å². The summed E-state index contributed by atoms with van der Waals surface area (Å²) in [5, 5.41) is 36.4. The molecule has 0 bridgehead atoms. The number of nitrogens with one attached hydrogen (secondary N) is 2. The van der Waals surface area contributed by atoms with Crippen molar-refractivity contribution >= 4 is 154 Å². The van der Waals surface area contributed by atoms with Crippen LogP contribution in [0.25, 0.3) is 20.4 Å².